The summed E-state index contributed by atoms with van der Waals surface area (Å²) in [5, 5.41) is 17.3. The van der Waals surface area contributed by atoms with E-state index in [1.54, 1.807) is 6.20 Å². The second-order valence-electron chi connectivity index (χ2n) is 5.19. The van der Waals surface area contributed by atoms with Crippen LogP contribution in [0, 0.1) is 0 Å². The van der Waals surface area contributed by atoms with Crippen LogP contribution >= 0.6 is 15.9 Å². The van der Waals surface area contributed by atoms with E-state index in [1.165, 1.54) is 4.68 Å². The van der Waals surface area contributed by atoms with Gasteiger partial charge in [0.25, 0.3) is 5.56 Å². The Labute approximate surface area is 121 Å². The minimum absolute atomic E-state index is 0.126. The van der Waals surface area contributed by atoms with Gasteiger partial charge in [0.05, 0.1) is 17.5 Å². The number of hydrogen-bond donors (Lipinski definition) is 2. The minimum atomic E-state index is -0.615. The average molecular weight is 330 g/mol. The number of aliphatic hydroxyl groups is 1. The van der Waals surface area contributed by atoms with Crippen LogP contribution in [0.25, 0.3) is 0 Å². The Morgan fingerprint density at radius 3 is 2.89 bits per heavy atom. The molecular weight excluding hydrogens is 310 g/mol. The predicted molar refractivity (Wildman–Crippen MR) is 78.4 cm³/mol. The van der Waals surface area contributed by atoms with Crippen LogP contribution in [-0.2, 0) is 6.54 Å². The molecule has 0 spiro atoms. The Bertz CT molecular complexity index is 497. The number of hydrogen-bond acceptors (Lipinski definition) is 4. The molecular formula is C13H20BrN3O2. The first-order valence-electron chi connectivity index (χ1n) is 6.77. The molecule has 1 aliphatic carbocycles. The Balaban J connectivity index is 2.05. The summed E-state index contributed by atoms with van der Waals surface area (Å²) < 4.78 is 1.96. The fourth-order valence-electron chi connectivity index (χ4n) is 2.08. The molecule has 0 saturated heterocycles. The highest BCUT2D eigenvalue weighted by Crippen LogP contribution is 2.32. The minimum Gasteiger partial charge on any atom is -0.388 e. The van der Waals surface area contributed by atoms with Crippen molar-refractivity contribution >= 4 is 21.6 Å². The van der Waals surface area contributed by atoms with Gasteiger partial charge in [-0.15, -0.1) is 0 Å². The lowest BCUT2D eigenvalue weighted by atomic mass is 9.80. The third-order valence-electron chi connectivity index (χ3n) is 3.60. The van der Waals surface area contributed by atoms with Gasteiger partial charge in [-0.1, -0.05) is 13.3 Å². The molecule has 0 bridgehead atoms. The van der Waals surface area contributed by atoms with Crippen LogP contribution < -0.4 is 10.9 Å². The van der Waals surface area contributed by atoms with Crippen molar-refractivity contribution < 1.29 is 5.11 Å². The second kappa shape index (κ2) is 6.05. The third kappa shape index (κ3) is 3.36. The third-order valence-corrected chi connectivity index (χ3v) is 4.37. The first-order valence-corrected chi connectivity index (χ1v) is 7.57. The van der Waals surface area contributed by atoms with E-state index in [2.05, 4.69) is 33.3 Å². The fraction of sp³-hybridized carbons (Fsp3) is 0.692. The van der Waals surface area contributed by atoms with Crippen molar-refractivity contribution in [2.24, 2.45) is 0 Å². The van der Waals surface area contributed by atoms with Gasteiger partial charge in [-0.25, -0.2) is 4.68 Å². The van der Waals surface area contributed by atoms with Crippen molar-refractivity contribution in [1.82, 2.24) is 9.78 Å². The van der Waals surface area contributed by atoms with E-state index in [9.17, 15) is 9.90 Å². The van der Waals surface area contributed by atoms with Gasteiger partial charge in [-0.05, 0) is 41.6 Å². The smallest absolute Gasteiger partial charge is 0.283 e. The maximum atomic E-state index is 12.1. The first kappa shape index (κ1) is 14.5. The zero-order valence-corrected chi connectivity index (χ0v) is 12.7. The second-order valence-corrected chi connectivity index (χ2v) is 5.98. The standard InChI is InChI=1S/C13H20BrN3O2/c1-2-3-7-17-12(18)11(14)10(8-16-17)15-9-13(19)5-4-6-13/h8,15,19H,2-7,9H2,1H3. The molecule has 0 aromatic carbocycles. The van der Waals surface area contributed by atoms with Gasteiger partial charge >= 0.3 is 0 Å². The summed E-state index contributed by atoms with van der Waals surface area (Å²) in [5.41, 5.74) is -0.0895. The average Bonchev–Trinajstić information content (AvgIpc) is 2.37. The van der Waals surface area contributed by atoms with Gasteiger partial charge in [-0.2, -0.15) is 5.10 Å². The summed E-state index contributed by atoms with van der Waals surface area (Å²) in [4.78, 5) is 12.1. The largest absolute Gasteiger partial charge is 0.388 e. The van der Waals surface area contributed by atoms with E-state index < -0.39 is 5.60 Å². The maximum absolute atomic E-state index is 12.1. The van der Waals surface area contributed by atoms with Crippen molar-refractivity contribution in [3.05, 3.63) is 21.0 Å². The maximum Gasteiger partial charge on any atom is 0.283 e. The van der Waals surface area contributed by atoms with Gasteiger partial charge in [0.15, 0.2) is 0 Å². The predicted octanol–water partition coefficient (Wildman–Crippen LogP) is 2.13. The normalized spacial score (nSPS) is 17.0. The van der Waals surface area contributed by atoms with Crippen molar-refractivity contribution in [2.45, 2.75) is 51.2 Å². The van der Waals surface area contributed by atoms with Crippen LogP contribution in [0.15, 0.2) is 15.5 Å². The molecule has 6 heteroatoms. The highest BCUT2D eigenvalue weighted by Gasteiger charge is 2.34. The Kier molecular flexibility index (Phi) is 4.62. The molecule has 1 aliphatic rings. The molecule has 106 valence electrons. The summed E-state index contributed by atoms with van der Waals surface area (Å²) in [6.07, 6.45) is 6.31. The molecule has 2 rings (SSSR count). The quantitative estimate of drug-likeness (QED) is 0.839. The molecule has 1 saturated carbocycles. The van der Waals surface area contributed by atoms with Crippen molar-refractivity contribution in [3.8, 4) is 0 Å². The monoisotopic (exact) mass is 329 g/mol. The molecule has 5 nitrogen and oxygen atoms in total. The number of aromatic nitrogens is 2. The first-order chi connectivity index (χ1) is 9.06. The molecule has 0 amide bonds. The summed E-state index contributed by atoms with van der Waals surface area (Å²) in [5.74, 6) is 0. The van der Waals surface area contributed by atoms with Crippen LogP contribution in [0.4, 0.5) is 5.69 Å². The zero-order valence-electron chi connectivity index (χ0n) is 11.2. The van der Waals surface area contributed by atoms with Gasteiger partial charge in [0.1, 0.15) is 4.47 Å². The lowest BCUT2D eigenvalue weighted by Gasteiger charge is -2.36. The highest BCUT2D eigenvalue weighted by atomic mass is 79.9. The van der Waals surface area contributed by atoms with Crippen LogP contribution in [0.5, 0.6) is 0 Å². The van der Waals surface area contributed by atoms with Gasteiger partial charge in [-0.3, -0.25) is 4.79 Å². The number of unbranched alkanes of at least 4 members (excludes halogenated alkanes) is 1. The molecule has 1 heterocycles. The van der Waals surface area contributed by atoms with Gasteiger partial charge < -0.3 is 10.4 Å². The molecule has 19 heavy (non-hydrogen) atoms. The number of aryl methyl sites for hydroxylation is 1. The van der Waals surface area contributed by atoms with Crippen molar-refractivity contribution in [1.29, 1.82) is 0 Å². The lowest BCUT2D eigenvalue weighted by molar-refractivity contribution is -0.0202. The molecule has 0 unspecified atom stereocenters. The number of nitrogens with zero attached hydrogens (tertiary/aromatic N) is 2. The number of nitrogens with one attached hydrogen (secondary N) is 1. The van der Waals surface area contributed by atoms with E-state index in [1.807, 2.05) is 0 Å². The molecule has 1 aromatic rings. The number of rotatable bonds is 6. The van der Waals surface area contributed by atoms with E-state index in [4.69, 9.17) is 0 Å². The Morgan fingerprint density at radius 1 is 1.58 bits per heavy atom. The molecule has 1 fully saturated rings. The van der Waals surface area contributed by atoms with Gasteiger partial charge in [0, 0.05) is 13.1 Å². The van der Waals surface area contributed by atoms with E-state index in [-0.39, 0.29) is 5.56 Å². The molecule has 0 aliphatic heterocycles. The molecule has 0 radical (unpaired) electrons. The van der Waals surface area contributed by atoms with Gasteiger partial charge in [0.2, 0.25) is 0 Å². The van der Waals surface area contributed by atoms with Crippen molar-refractivity contribution in [3.63, 3.8) is 0 Å². The summed E-state index contributed by atoms with van der Waals surface area (Å²) in [6.45, 7) is 3.18. The summed E-state index contributed by atoms with van der Waals surface area (Å²) in [7, 11) is 0. The van der Waals surface area contributed by atoms with E-state index >= 15 is 0 Å². The summed E-state index contributed by atoms with van der Waals surface area (Å²) >= 11 is 3.31. The molecule has 1 aromatic heterocycles. The molecule has 2 N–H and O–H groups in total. The molecule has 0 atom stereocenters. The lowest BCUT2D eigenvalue weighted by Crippen LogP contribution is -2.43. The number of anilines is 1. The van der Waals surface area contributed by atoms with Crippen LogP contribution in [0.3, 0.4) is 0 Å². The van der Waals surface area contributed by atoms with Crippen LogP contribution in [-0.4, -0.2) is 27.0 Å². The Hall–Kier alpha value is -0.880. The van der Waals surface area contributed by atoms with E-state index in [0.29, 0.717) is 23.2 Å². The van der Waals surface area contributed by atoms with Crippen molar-refractivity contribution in [2.75, 3.05) is 11.9 Å². The fourth-order valence-corrected chi connectivity index (χ4v) is 2.52. The highest BCUT2D eigenvalue weighted by molar-refractivity contribution is 9.10. The SMILES string of the molecule is CCCCn1ncc(NCC2(O)CCC2)c(Br)c1=O. The summed E-state index contributed by atoms with van der Waals surface area (Å²) in [6, 6.07) is 0. The van der Waals surface area contributed by atoms with Crippen LogP contribution in [0.2, 0.25) is 0 Å². The topological polar surface area (TPSA) is 67.2 Å². The zero-order chi connectivity index (χ0) is 13.9. The van der Waals surface area contributed by atoms with E-state index in [0.717, 1.165) is 32.1 Å². The Morgan fingerprint density at radius 2 is 2.32 bits per heavy atom. The number of halogens is 1. The van der Waals surface area contributed by atoms with Crippen LogP contribution in [0.1, 0.15) is 39.0 Å².